The number of hydrogen-bond acceptors (Lipinski definition) is 6. The third-order valence-corrected chi connectivity index (χ3v) is 5.11. The second-order valence-corrected chi connectivity index (χ2v) is 7.54. The summed E-state index contributed by atoms with van der Waals surface area (Å²) in [4.78, 5) is 14.7. The van der Waals surface area contributed by atoms with Crippen molar-refractivity contribution in [3.05, 3.63) is 11.9 Å². The lowest BCUT2D eigenvalue weighted by Crippen LogP contribution is -2.45. The predicted molar refractivity (Wildman–Crippen MR) is 99.2 cm³/mol. The van der Waals surface area contributed by atoms with Gasteiger partial charge in [-0.1, -0.05) is 5.21 Å². The molecule has 1 aromatic heterocycles. The van der Waals surface area contributed by atoms with Gasteiger partial charge in [0.1, 0.15) is 0 Å². The fourth-order valence-electron chi connectivity index (χ4n) is 3.85. The Morgan fingerprint density at radius 1 is 1.27 bits per heavy atom. The van der Waals surface area contributed by atoms with Gasteiger partial charge < -0.3 is 15.4 Å². The number of rotatable bonds is 7. The van der Waals surface area contributed by atoms with Gasteiger partial charge >= 0.3 is 0 Å². The minimum atomic E-state index is -0.126. The second kappa shape index (κ2) is 9.43. The fraction of sp³-hybridized carbons (Fsp3) is 0.833. The van der Waals surface area contributed by atoms with Crippen molar-refractivity contribution < 1.29 is 9.53 Å². The summed E-state index contributed by atoms with van der Waals surface area (Å²) in [6.07, 6.45) is 6.49. The number of nitrogens with one attached hydrogen (secondary N) is 2. The smallest absolute Gasteiger partial charge is 0.273 e. The molecule has 8 heteroatoms. The van der Waals surface area contributed by atoms with E-state index in [0.717, 1.165) is 58.4 Å². The van der Waals surface area contributed by atoms with Crippen molar-refractivity contribution in [3.63, 3.8) is 0 Å². The zero-order chi connectivity index (χ0) is 18.4. The zero-order valence-electron chi connectivity index (χ0n) is 16.0. The average Bonchev–Trinajstić information content (AvgIpc) is 3.11. The quantitative estimate of drug-likeness (QED) is 0.697. The summed E-state index contributed by atoms with van der Waals surface area (Å²) in [5.41, 5.74) is 0.416. The third-order valence-electron chi connectivity index (χ3n) is 5.11. The molecular weight excluding hydrogens is 332 g/mol. The van der Waals surface area contributed by atoms with Crippen LogP contribution in [0.2, 0.25) is 0 Å². The first kappa shape index (κ1) is 19.3. The Hall–Kier alpha value is -1.51. The first-order valence-electron chi connectivity index (χ1n) is 9.90. The number of morpholine rings is 1. The summed E-state index contributed by atoms with van der Waals surface area (Å²) < 4.78 is 7.60. The monoisotopic (exact) mass is 364 g/mol. The van der Waals surface area contributed by atoms with Crippen LogP contribution in [-0.2, 0) is 4.74 Å². The van der Waals surface area contributed by atoms with Crippen molar-refractivity contribution in [1.29, 1.82) is 0 Å². The van der Waals surface area contributed by atoms with E-state index in [1.165, 1.54) is 0 Å². The first-order chi connectivity index (χ1) is 12.6. The molecule has 1 aromatic rings. The van der Waals surface area contributed by atoms with Crippen molar-refractivity contribution in [2.75, 3.05) is 39.3 Å². The largest absolute Gasteiger partial charge is 0.373 e. The minimum Gasteiger partial charge on any atom is -0.373 e. The summed E-state index contributed by atoms with van der Waals surface area (Å²) in [7, 11) is 0. The molecule has 2 aliphatic heterocycles. The molecule has 1 amide bonds. The van der Waals surface area contributed by atoms with Gasteiger partial charge in [0.2, 0.25) is 0 Å². The van der Waals surface area contributed by atoms with Gasteiger partial charge in [-0.25, -0.2) is 4.68 Å². The van der Waals surface area contributed by atoms with Crippen LogP contribution in [0.5, 0.6) is 0 Å². The highest BCUT2D eigenvalue weighted by molar-refractivity contribution is 5.91. The Balaban J connectivity index is 1.33. The highest BCUT2D eigenvalue weighted by Gasteiger charge is 2.21. The van der Waals surface area contributed by atoms with E-state index in [1.54, 1.807) is 6.20 Å². The number of carbonyl (C=O) groups excluding carboxylic acids is 1. The Labute approximate surface area is 155 Å². The van der Waals surface area contributed by atoms with Crippen molar-refractivity contribution in [2.45, 2.75) is 57.8 Å². The molecule has 146 valence electrons. The fourth-order valence-corrected chi connectivity index (χ4v) is 3.85. The maximum Gasteiger partial charge on any atom is 0.273 e. The van der Waals surface area contributed by atoms with Gasteiger partial charge in [0, 0.05) is 19.6 Å². The lowest BCUT2D eigenvalue weighted by Gasteiger charge is -2.35. The number of amides is 1. The van der Waals surface area contributed by atoms with Crippen molar-refractivity contribution in [1.82, 2.24) is 30.5 Å². The van der Waals surface area contributed by atoms with Gasteiger partial charge in [0.25, 0.3) is 5.91 Å². The van der Waals surface area contributed by atoms with Crippen LogP contribution in [0, 0.1) is 0 Å². The van der Waals surface area contributed by atoms with E-state index < -0.39 is 0 Å². The van der Waals surface area contributed by atoms with Crippen LogP contribution in [-0.4, -0.2) is 77.3 Å². The molecule has 2 N–H and O–H groups in total. The van der Waals surface area contributed by atoms with Crippen LogP contribution in [0.4, 0.5) is 0 Å². The van der Waals surface area contributed by atoms with Gasteiger partial charge in [-0.2, -0.15) is 0 Å². The number of carbonyl (C=O) groups is 1. The van der Waals surface area contributed by atoms with E-state index in [4.69, 9.17) is 4.74 Å². The van der Waals surface area contributed by atoms with Gasteiger partial charge in [-0.05, 0) is 59.2 Å². The lowest BCUT2D eigenvalue weighted by atomic mass is 10.1. The van der Waals surface area contributed by atoms with Crippen LogP contribution in [0.15, 0.2) is 6.20 Å². The molecule has 0 aliphatic carbocycles. The van der Waals surface area contributed by atoms with Gasteiger partial charge in [0.05, 0.1) is 24.4 Å². The number of aromatic nitrogens is 3. The van der Waals surface area contributed by atoms with Crippen LogP contribution in [0.25, 0.3) is 0 Å². The number of ether oxygens (including phenoxy) is 1. The second-order valence-electron chi connectivity index (χ2n) is 7.54. The van der Waals surface area contributed by atoms with Crippen LogP contribution in [0.1, 0.15) is 56.1 Å². The molecule has 0 bridgehead atoms. The minimum absolute atomic E-state index is 0.126. The Morgan fingerprint density at radius 3 is 2.73 bits per heavy atom. The summed E-state index contributed by atoms with van der Waals surface area (Å²) in [6, 6.07) is 0.351. The molecular formula is C18H32N6O2. The topological polar surface area (TPSA) is 84.3 Å². The molecule has 0 spiro atoms. The number of piperidine rings is 1. The summed E-state index contributed by atoms with van der Waals surface area (Å²) >= 11 is 0. The highest BCUT2D eigenvalue weighted by atomic mass is 16.5. The normalized spacial score (nSPS) is 25.3. The molecule has 2 aliphatic rings. The van der Waals surface area contributed by atoms with Gasteiger partial charge in [-0.3, -0.25) is 9.69 Å². The Kier molecular flexibility index (Phi) is 6.99. The van der Waals surface area contributed by atoms with E-state index in [1.807, 2.05) is 4.68 Å². The Bertz CT molecular complexity index is 562. The molecule has 3 heterocycles. The molecule has 26 heavy (non-hydrogen) atoms. The van der Waals surface area contributed by atoms with Gasteiger partial charge in [-0.15, -0.1) is 5.10 Å². The van der Waals surface area contributed by atoms with E-state index >= 15 is 0 Å². The standard InChI is InChI=1S/C18H32N6O2/c1-14-11-23(12-15(2)26-14)10-4-3-7-20-18(25)17-13-24(22-21-17)16-5-8-19-9-6-16/h13-16,19H,3-12H2,1-2H3,(H,20,25). The number of unbranched alkanes of at least 4 members (excludes halogenated alkanes) is 1. The highest BCUT2D eigenvalue weighted by Crippen LogP contribution is 2.17. The van der Waals surface area contributed by atoms with Crippen molar-refractivity contribution in [3.8, 4) is 0 Å². The van der Waals surface area contributed by atoms with Crippen LogP contribution >= 0.6 is 0 Å². The van der Waals surface area contributed by atoms with Crippen LogP contribution < -0.4 is 10.6 Å². The number of nitrogens with zero attached hydrogens (tertiary/aromatic N) is 4. The summed E-state index contributed by atoms with van der Waals surface area (Å²) in [5, 5.41) is 14.5. The van der Waals surface area contributed by atoms with Gasteiger partial charge in [0.15, 0.2) is 5.69 Å². The maximum absolute atomic E-state index is 12.2. The zero-order valence-corrected chi connectivity index (χ0v) is 16.0. The first-order valence-corrected chi connectivity index (χ1v) is 9.90. The molecule has 2 saturated heterocycles. The van der Waals surface area contributed by atoms with E-state index in [2.05, 4.69) is 39.7 Å². The predicted octanol–water partition coefficient (Wildman–Crippen LogP) is 0.822. The molecule has 0 saturated carbocycles. The molecule has 0 aromatic carbocycles. The number of hydrogen-bond donors (Lipinski definition) is 2. The van der Waals surface area contributed by atoms with E-state index in [9.17, 15) is 4.79 Å². The SMILES string of the molecule is CC1CN(CCCCNC(=O)c2cn(C3CCNCC3)nn2)CC(C)O1. The molecule has 2 atom stereocenters. The van der Waals surface area contributed by atoms with E-state index in [0.29, 0.717) is 30.5 Å². The lowest BCUT2D eigenvalue weighted by molar-refractivity contribution is -0.0681. The average molecular weight is 364 g/mol. The molecule has 0 radical (unpaired) electrons. The summed E-state index contributed by atoms with van der Waals surface area (Å²) in [6.45, 7) is 9.96. The maximum atomic E-state index is 12.2. The molecule has 3 rings (SSSR count). The van der Waals surface area contributed by atoms with Crippen molar-refractivity contribution in [2.24, 2.45) is 0 Å². The molecule has 8 nitrogen and oxygen atoms in total. The van der Waals surface area contributed by atoms with Crippen LogP contribution in [0.3, 0.4) is 0 Å². The summed E-state index contributed by atoms with van der Waals surface area (Å²) in [5.74, 6) is -0.126. The van der Waals surface area contributed by atoms with Crippen molar-refractivity contribution >= 4 is 5.91 Å². The molecule has 2 unspecified atom stereocenters. The Morgan fingerprint density at radius 2 is 2.00 bits per heavy atom. The van der Waals surface area contributed by atoms with E-state index in [-0.39, 0.29) is 5.91 Å². The molecule has 2 fully saturated rings. The third kappa shape index (κ3) is 5.49.